The summed E-state index contributed by atoms with van der Waals surface area (Å²) in [7, 11) is 0. The van der Waals surface area contributed by atoms with Crippen LogP contribution in [-0.2, 0) is 9.59 Å². The van der Waals surface area contributed by atoms with E-state index in [2.05, 4.69) is 10.3 Å². The van der Waals surface area contributed by atoms with Gasteiger partial charge in [-0.25, -0.2) is 0 Å². The molecule has 1 aliphatic rings. The van der Waals surface area contributed by atoms with E-state index in [4.69, 9.17) is 0 Å². The molecule has 6 nitrogen and oxygen atoms in total. The Labute approximate surface area is 165 Å². The second-order valence-electron chi connectivity index (χ2n) is 6.77. The van der Waals surface area contributed by atoms with E-state index in [0.29, 0.717) is 0 Å². The summed E-state index contributed by atoms with van der Waals surface area (Å²) >= 11 is 1.51. The molecule has 0 unspecified atom stereocenters. The van der Waals surface area contributed by atoms with Crippen molar-refractivity contribution in [3.63, 3.8) is 0 Å². The van der Waals surface area contributed by atoms with Crippen LogP contribution in [0.5, 0.6) is 0 Å². The van der Waals surface area contributed by atoms with Gasteiger partial charge in [0.1, 0.15) is 5.69 Å². The van der Waals surface area contributed by atoms with Gasteiger partial charge >= 0.3 is 0 Å². The molecule has 0 radical (unpaired) electrons. The molecule has 3 heterocycles. The van der Waals surface area contributed by atoms with Crippen LogP contribution in [0.3, 0.4) is 0 Å². The summed E-state index contributed by atoms with van der Waals surface area (Å²) < 4.78 is 0. The van der Waals surface area contributed by atoms with Gasteiger partial charge in [-0.3, -0.25) is 14.4 Å². The number of anilines is 2. The van der Waals surface area contributed by atoms with Crippen LogP contribution in [0.25, 0.3) is 0 Å². The van der Waals surface area contributed by atoms with Crippen molar-refractivity contribution in [1.82, 2.24) is 4.98 Å². The van der Waals surface area contributed by atoms with Crippen molar-refractivity contribution in [2.45, 2.75) is 19.4 Å². The molecule has 3 aromatic rings. The lowest BCUT2D eigenvalue weighted by Gasteiger charge is -2.27. The highest BCUT2D eigenvalue weighted by atomic mass is 32.1. The van der Waals surface area contributed by atoms with E-state index in [1.807, 2.05) is 48.7 Å². The normalized spacial score (nSPS) is 19.0. The van der Waals surface area contributed by atoms with Crippen LogP contribution in [-0.4, -0.2) is 16.8 Å². The number of nitrogens with zero attached hydrogens (tertiary/aromatic N) is 1. The molecule has 0 aliphatic carbocycles. The van der Waals surface area contributed by atoms with Crippen LogP contribution in [0.4, 0.5) is 11.4 Å². The van der Waals surface area contributed by atoms with E-state index in [-0.39, 0.29) is 29.5 Å². The lowest BCUT2D eigenvalue weighted by Crippen LogP contribution is -2.32. The van der Waals surface area contributed by atoms with Gasteiger partial charge in [-0.2, -0.15) is 0 Å². The first kappa shape index (κ1) is 18.2. The zero-order valence-electron chi connectivity index (χ0n) is 15.2. The molecule has 2 amide bonds. The second-order valence-corrected chi connectivity index (χ2v) is 7.75. The highest BCUT2D eigenvalue weighted by Crippen LogP contribution is 2.43. The number of aromatic nitrogens is 1. The zero-order chi connectivity index (χ0) is 19.7. The van der Waals surface area contributed by atoms with Crippen molar-refractivity contribution in [3.05, 3.63) is 80.9 Å². The molecule has 4 rings (SSSR count). The minimum Gasteiger partial charge on any atom is -0.327 e. The van der Waals surface area contributed by atoms with Crippen molar-refractivity contribution in [1.29, 1.82) is 0 Å². The molecule has 2 N–H and O–H groups in total. The fourth-order valence-corrected chi connectivity index (χ4v) is 4.39. The Morgan fingerprint density at radius 2 is 1.93 bits per heavy atom. The van der Waals surface area contributed by atoms with Gasteiger partial charge in [-0.05, 0) is 42.6 Å². The van der Waals surface area contributed by atoms with E-state index >= 15 is 0 Å². The molecule has 1 fully saturated rings. The van der Waals surface area contributed by atoms with Gasteiger partial charge in [0.2, 0.25) is 11.8 Å². The predicted molar refractivity (Wildman–Crippen MR) is 110 cm³/mol. The molecule has 2 atom stereocenters. The molecule has 1 saturated heterocycles. The van der Waals surface area contributed by atoms with Gasteiger partial charge in [0, 0.05) is 23.2 Å². The topological polar surface area (TPSA) is 82.3 Å². The minimum atomic E-state index is -0.591. The average Bonchev–Trinajstić information content (AvgIpc) is 3.32. The van der Waals surface area contributed by atoms with Gasteiger partial charge < -0.3 is 15.2 Å². The summed E-state index contributed by atoms with van der Waals surface area (Å²) in [4.78, 5) is 43.0. The molecule has 0 saturated carbocycles. The van der Waals surface area contributed by atoms with Crippen LogP contribution in [0, 0.1) is 12.8 Å². The molecule has 1 aliphatic heterocycles. The van der Waals surface area contributed by atoms with Crippen molar-refractivity contribution in [2.24, 2.45) is 5.92 Å². The monoisotopic (exact) mass is 393 g/mol. The maximum absolute atomic E-state index is 13.0. The van der Waals surface area contributed by atoms with E-state index in [0.717, 1.165) is 16.1 Å². The van der Waals surface area contributed by atoms with Gasteiger partial charge in [0.05, 0.1) is 12.0 Å². The summed E-state index contributed by atoms with van der Waals surface area (Å²) in [5.41, 5.74) is 1.67. The lowest BCUT2D eigenvalue weighted by molar-refractivity contribution is -0.122. The Hall–Kier alpha value is -3.19. The number of carbonyl (C=O) groups is 2. The highest BCUT2D eigenvalue weighted by Gasteiger charge is 2.45. The minimum absolute atomic E-state index is 0.0903. The fraction of sp³-hybridized carbons (Fsp3) is 0.190. The van der Waals surface area contributed by atoms with Crippen molar-refractivity contribution >= 4 is 34.5 Å². The number of benzene rings is 1. The molecular formula is C21H19N3O3S. The molecule has 142 valence electrons. The first-order valence-electron chi connectivity index (χ1n) is 8.95. The molecule has 2 aromatic heterocycles. The van der Waals surface area contributed by atoms with Crippen LogP contribution in [0.1, 0.15) is 22.9 Å². The third-order valence-electron chi connectivity index (χ3n) is 4.88. The zero-order valence-corrected chi connectivity index (χ0v) is 16.0. The summed E-state index contributed by atoms with van der Waals surface area (Å²) in [5.74, 6) is -1.03. The van der Waals surface area contributed by atoms with Crippen molar-refractivity contribution in [2.75, 3.05) is 10.2 Å². The van der Waals surface area contributed by atoms with Crippen LogP contribution < -0.4 is 15.8 Å². The van der Waals surface area contributed by atoms with Gasteiger partial charge in [0.15, 0.2) is 0 Å². The second kappa shape index (κ2) is 7.44. The largest absolute Gasteiger partial charge is 0.327 e. The lowest BCUT2D eigenvalue weighted by atomic mass is 9.97. The smallest absolute Gasteiger partial charge is 0.271 e. The Morgan fingerprint density at radius 3 is 2.61 bits per heavy atom. The molecule has 1 aromatic carbocycles. The first-order chi connectivity index (χ1) is 13.5. The number of nitrogens with one attached hydrogen (secondary N) is 2. The average molecular weight is 393 g/mol. The van der Waals surface area contributed by atoms with Crippen LogP contribution in [0.2, 0.25) is 0 Å². The van der Waals surface area contributed by atoms with Crippen LogP contribution in [0.15, 0.2) is 64.9 Å². The number of carbonyl (C=O) groups excluding carboxylic acids is 2. The Kier molecular flexibility index (Phi) is 4.83. The first-order valence-corrected chi connectivity index (χ1v) is 9.83. The number of amides is 2. The number of thiophene rings is 1. The van der Waals surface area contributed by atoms with E-state index in [9.17, 15) is 14.4 Å². The Balaban J connectivity index is 1.69. The Bertz CT molecular complexity index is 1060. The van der Waals surface area contributed by atoms with E-state index < -0.39 is 12.0 Å². The number of aromatic amines is 1. The number of hydrogen-bond acceptors (Lipinski definition) is 4. The third-order valence-corrected chi connectivity index (χ3v) is 5.83. The molecule has 7 heteroatoms. The van der Waals surface area contributed by atoms with E-state index in [1.54, 1.807) is 17.0 Å². The number of rotatable bonds is 4. The Morgan fingerprint density at radius 1 is 1.14 bits per heavy atom. The summed E-state index contributed by atoms with van der Waals surface area (Å²) in [6.45, 7) is 1.99. The van der Waals surface area contributed by atoms with Gasteiger partial charge in [-0.1, -0.05) is 23.8 Å². The number of aryl methyl sites for hydroxylation is 1. The summed E-state index contributed by atoms with van der Waals surface area (Å²) in [6, 6.07) is 14.3. The maximum Gasteiger partial charge on any atom is 0.271 e. The standard InChI is InChI=1S/C21H19N3O3S/c1-13-6-8-14(9-7-13)24-18(25)12-15(19(24)17-5-3-11-28-17)20(26)23-16-4-2-10-22-21(16)27/h2-11,15,19H,12H2,1H3,(H,22,27)(H,23,26)/t15-,19-/m0/s1. The summed E-state index contributed by atoms with van der Waals surface area (Å²) in [5, 5.41) is 4.62. The molecule has 0 bridgehead atoms. The van der Waals surface area contributed by atoms with Crippen LogP contribution >= 0.6 is 11.3 Å². The fourth-order valence-electron chi connectivity index (χ4n) is 3.51. The number of H-pyrrole nitrogens is 1. The quantitative estimate of drug-likeness (QED) is 0.712. The third kappa shape index (κ3) is 3.36. The molecule has 0 spiro atoms. The van der Waals surface area contributed by atoms with E-state index in [1.165, 1.54) is 17.5 Å². The van der Waals surface area contributed by atoms with Crippen molar-refractivity contribution < 1.29 is 9.59 Å². The SMILES string of the molecule is Cc1ccc(N2C(=O)C[C@H](C(=O)Nc3ccc[nH]c3=O)[C@H]2c2cccs2)cc1. The number of pyridine rings is 1. The highest BCUT2D eigenvalue weighted by molar-refractivity contribution is 7.10. The van der Waals surface area contributed by atoms with Gasteiger partial charge in [-0.15, -0.1) is 11.3 Å². The summed E-state index contributed by atoms with van der Waals surface area (Å²) in [6.07, 6.45) is 1.59. The predicted octanol–water partition coefficient (Wildman–Crippen LogP) is 3.48. The van der Waals surface area contributed by atoms with Gasteiger partial charge in [0.25, 0.3) is 5.56 Å². The van der Waals surface area contributed by atoms with Crippen molar-refractivity contribution in [3.8, 4) is 0 Å². The number of hydrogen-bond donors (Lipinski definition) is 2. The molecule has 28 heavy (non-hydrogen) atoms. The maximum atomic E-state index is 13.0. The molecular weight excluding hydrogens is 374 g/mol.